The van der Waals surface area contributed by atoms with Gasteiger partial charge in [-0.3, -0.25) is 9.59 Å². The second-order valence-electron chi connectivity index (χ2n) is 6.41. The third-order valence-electron chi connectivity index (χ3n) is 4.55. The molecule has 1 aliphatic rings. The predicted molar refractivity (Wildman–Crippen MR) is 104 cm³/mol. The molecule has 1 heterocycles. The van der Waals surface area contributed by atoms with Crippen LogP contribution in [0.5, 0.6) is 0 Å². The van der Waals surface area contributed by atoms with Crippen molar-refractivity contribution in [3.05, 3.63) is 75.8 Å². The number of benzene rings is 2. The minimum atomic E-state index is -0.704. The fraction of sp³-hybridized carbons (Fsp3) is 0.238. The van der Waals surface area contributed by atoms with Crippen LogP contribution in [0.2, 0.25) is 5.02 Å². The summed E-state index contributed by atoms with van der Waals surface area (Å²) >= 11 is 5.91. The van der Waals surface area contributed by atoms with Gasteiger partial charge in [-0.25, -0.2) is 0 Å². The van der Waals surface area contributed by atoms with Crippen LogP contribution in [0.1, 0.15) is 22.7 Å². The Morgan fingerprint density at radius 1 is 1.19 bits per heavy atom. The third-order valence-corrected chi connectivity index (χ3v) is 4.80. The summed E-state index contributed by atoms with van der Waals surface area (Å²) in [5.74, 6) is -1.56. The Bertz CT molecular complexity index is 905. The van der Waals surface area contributed by atoms with Crippen LogP contribution in [-0.2, 0) is 14.3 Å². The molecule has 0 saturated carbocycles. The SMILES string of the molecule is COCCN1C(=O)C(=O)/C(=C(\O)c2ccc(Cl)cc2)C1c1cccc(C)c1. The number of halogens is 1. The van der Waals surface area contributed by atoms with E-state index >= 15 is 0 Å². The van der Waals surface area contributed by atoms with Crippen LogP contribution >= 0.6 is 11.6 Å². The first-order valence-electron chi connectivity index (χ1n) is 8.54. The topological polar surface area (TPSA) is 66.8 Å². The molecule has 2 aromatic rings. The second kappa shape index (κ2) is 7.94. The van der Waals surface area contributed by atoms with Crippen LogP contribution in [0, 0.1) is 6.92 Å². The minimum Gasteiger partial charge on any atom is -0.507 e. The minimum absolute atomic E-state index is 0.0732. The van der Waals surface area contributed by atoms with E-state index in [4.69, 9.17) is 16.3 Å². The Kier molecular flexibility index (Phi) is 5.63. The van der Waals surface area contributed by atoms with Crippen LogP contribution in [-0.4, -0.2) is 42.0 Å². The Hall–Kier alpha value is -2.63. The zero-order valence-corrected chi connectivity index (χ0v) is 15.9. The number of amides is 1. The van der Waals surface area contributed by atoms with Crippen molar-refractivity contribution in [3.8, 4) is 0 Å². The van der Waals surface area contributed by atoms with Crippen LogP contribution < -0.4 is 0 Å². The molecule has 0 aromatic heterocycles. The molecule has 1 fully saturated rings. The standard InChI is InChI=1S/C21H20ClNO4/c1-13-4-3-5-15(12-13)18-17(19(24)14-6-8-16(22)9-7-14)20(25)21(26)23(18)10-11-27-2/h3-9,12,18,24H,10-11H2,1-2H3/b19-17-. The molecule has 3 rings (SSSR count). The molecule has 0 aliphatic carbocycles. The number of ether oxygens (including phenoxy) is 1. The molecule has 27 heavy (non-hydrogen) atoms. The molecule has 1 atom stereocenters. The molecular weight excluding hydrogens is 366 g/mol. The Balaban J connectivity index is 2.16. The number of hydrogen-bond acceptors (Lipinski definition) is 4. The summed E-state index contributed by atoms with van der Waals surface area (Å²) in [5, 5.41) is 11.4. The average Bonchev–Trinajstić information content (AvgIpc) is 2.91. The van der Waals surface area contributed by atoms with E-state index in [9.17, 15) is 14.7 Å². The number of hydrogen-bond donors (Lipinski definition) is 1. The maximum atomic E-state index is 12.8. The van der Waals surface area contributed by atoms with E-state index < -0.39 is 17.7 Å². The first kappa shape index (κ1) is 19.1. The smallest absolute Gasteiger partial charge is 0.295 e. The number of rotatable bonds is 5. The van der Waals surface area contributed by atoms with Crippen molar-refractivity contribution in [1.29, 1.82) is 0 Å². The van der Waals surface area contributed by atoms with Crippen molar-refractivity contribution in [2.45, 2.75) is 13.0 Å². The van der Waals surface area contributed by atoms with Gasteiger partial charge in [-0.1, -0.05) is 41.4 Å². The Morgan fingerprint density at radius 2 is 1.89 bits per heavy atom. The van der Waals surface area contributed by atoms with Gasteiger partial charge in [0.25, 0.3) is 11.7 Å². The highest BCUT2D eigenvalue weighted by Gasteiger charge is 2.45. The molecule has 1 amide bonds. The van der Waals surface area contributed by atoms with Gasteiger partial charge >= 0.3 is 0 Å². The Labute approximate surface area is 162 Å². The number of methoxy groups -OCH3 is 1. The zero-order chi connectivity index (χ0) is 19.6. The third kappa shape index (κ3) is 3.75. The van der Waals surface area contributed by atoms with Gasteiger partial charge in [0.1, 0.15) is 5.76 Å². The summed E-state index contributed by atoms with van der Waals surface area (Å²) in [6, 6.07) is 13.4. The lowest BCUT2D eigenvalue weighted by atomic mass is 9.94. The monoisotopic (exact) mass is 385 g/mol. The lowest BCUT2D eigenvalue weighted by molar-refractivity contribution is -0.140. The molecule has 0 radical (unpaired) electrons. The number of likely N-dealkylation sites (tertiary alicyclic amines) is 1. The summed E-state index contributed by atoms with van der Waals surface area (Å²) in [6.07, 6.45) is 0. The normalized spacial score (nSPS) is 18.9. The van der Waals surface area contributed by atoms with Gasteiger partial charge < -0.3 is 14.7 Å². The number of Topliss-reactive ketones (excluding diaryl/α,β-unsaturated/α-hetero) is 1. The molecular formula is C21H20ClNO4. The van der Waals surface area contributed by atoms with Crippen molar-refractivity contribution in [2.24, 2.45) is 0 Å². The van der Waals surface area contributed by atoms with E-state index in [0.717, 1.165) is 11.1 Å². The van der Waals surface area contributed by atoms with Crippen molar-refractivity contribution >= 4 is 29.1 Å². The fourth-order valence-electron chi connectivity index (χ4n) is 3.25. The van der Waals surface area contributed by atoms with E-state index in [1.807, 2.05) is 31.2 Å². The van der Waals surface area contributed by atoms with Crippen molar-refractivity contribution in [3.63, 3.8) is 0 Å². The quantitative estimate of drug-likeness (QED) is 0.484. The number of carbonyl (C=O) groups is 2. The molecule has 0 spiro atoms. The number of carbonyl (C=O) groups excluding carboxylic acids is 2. The van der Waals surface area contributed by atoms with Crippen LogP contribution in [0.25, 0.3) is 5.76 Å². The molecule has 6 heteroatoms. The lowest BCUT2D eigenvalue weighted by Gasteiger charge is -2.25. The van der Waals surface area contributed by atoms with Gasteiger partial charge in [-0.05, 0) is 36.8 Å². The van der Waals surface area contributed by atoms with Gasteiger partial charge in [-0.15, -0.1) is 0 Å². The van der Waals surface area contributed by atoms with Gasteiger partial charge in [0, 0.05) is 24.2 Å². The predicted octanol–water partition coefficient (Wildman–Crippen LogP) is 3.72. The van der Waals surface area contributed by atoms with Crippen molar-refractivity contribution in [2.75, 3.05) is 20.3 Å². The zero-order valence-electron chi connectivity index (χ0n) is 15.1. The van der Waals surface area contributed by atoms with E-state index in [1.165, 1.54) is 12.0 Å². The highest BCUT2D eigenvalue weighted by molar-refractivity contribution is 6.46. The van der Waals surface area contributed by atoms with Gasteiger partial charge in [0.15, 0.2) is 0 Å². The summed E-state index contributed by atoms with van der Waals surface area (Å²) < 4.78 is 5.09. The summed E-state index contributed by atoms with van der Waals surface area (Å²) in [6.45, 7) is 2.47. The highest BCUT2D eigenvalue weighted by atomic mass is 35.5. The van der Waals surface area contributed by atoms with E-state index in [1.54, 1.807) is 24.3 Å². The first-order chi connectivity index (χ1) is 12.9. The molecule has 1 N–H and O–H groups in total. The van der Waals surface area contributed by atoms with E-state index in [-0.39, 0.29) is 24.5 Å². The van der Waals surface area contributed by atoms with Crippen LogP contribution in [0.15, 0.2) is 54.1 Å². The number of aliphatic hydroxyl groups is 1. The van der Waals surface area contributed by atoms with Crippen molar-refractivity contribution in [1.82, 2.24) is 4.90 Å². The molecule has 2 aromatic carbocycles. The van der Waals surface area contributed by atoms with Crippen molar-refractivity contribution < 1.29 is 19.4 Å². The van der Waals surface area contributed by atoms with Gasteiger partial charge in [0.2, 0.25) is 0 Å². The molecule has 0 bridgehead atoms. The average molecular weight is 386 g/mol. The molecule has 1 aliphatic heterocycles. The Morgan fingerprint density at radius 3 is 2.52 bits per heavy atom. The van der Waals surface area contributed by atoms with Crippen LogP contribution in [0.3, 0.4) is 0 Å². The molecule has 1 unspecified atom stereocenters. The summed E-state index contributed by atoms with van der Waals surface area (Å²) in [5.41, 5.74) is 2.27. The first-order valence-corrected chi connectivity index (χ1v) is 8.91. The van der Waals surface area contributed by atoms with E-state index in [0.29, 0.717) is 10.6 Å². The number of nitrogens with zero attached hydrogens (tertiary/aromatic N) is 1. The highest BCUT2D eigenvalue weighted by Crippen LogP contribution is 2.39. The number of aliphatic hydroxyl groups excluding tert-OH is 1. The lowest BCUT2D eigenvalue weighted by Crippen LogP contribution is -2.32. The number of ketones is 1. The van der Waals surface area contributed by atoms with Gasteiger partial charge in [0.05, 0.1) is 18.2 Å². The second-order valence-corrected chi connectivity index (χ2v) is 6.84. The molecule has 5 nitrogen and oxygen atoms in total. The summed E-state index contributed by atoms with van der Waals surface area (Å²) in [7, 11) is 1.53. The maximum absolute atomic E-state index is 12.8. The number of aryl methyl sites for hydroxylation is 1. The molecule has 1 saturated heterocycles. The summed E-state index contributed by atoms with van der Waals surface area (Å²) in [4.78, 5) is 26.8. The fourth-order valence-corrected chi connectivity index (χ4v) is 3.38. The van der Waals surface area contributed by atoms with Gasteiger partial charge in [-0.2, -0.15) is 0 Å². The van der Waals surface area contributed by atoms with E-state index in [2.05, 4.69) is 0 Å². The largest absolute Gasteiger partial charge is 0.507 e. The maximum Gasteiger partial charge on any atom is 0.295 e. The van der Waals surface area contributed by atoms with Crippen LogP contribution in [0.4, 0.5) is 0 Å². The molecule has 140 valence electrons.